The number of methoxy groups -OCH3 is 1. The van der Waals surface area contributed by atoms with Crippen molar-refractivity contribution in [3.05, 3.63) is 23.9 Å². The van der Waals surface area contributed by atoms with Crippen LogP contribution in [0.5, 0.6) is 5.88 Å². The highest BCUT2D eigenvalue weighted by molar-refractivity contribution is 14.0. The second-order valence-electron chi connectivity index (χ2n) is 6.95. The highest BCUT2D eigenvalue weighted by atomic mass is 127. The van der Waals surface area contributed by atoms with Crippen LogP contribution in [0.25, 0.3) is 0 Å². The Labute approximate surface area is 173 Å². The molecule has 2 heterocycles. The van der Waals surface area contributed by atoms with Crippen molar-refractivity contribution in [2.24, 2.45) is 10.9 Å². The number of halogens is 1. The van der Waals surface area contributed by atoms with Gasteiger partial charge in [0.25, 0.3) is 0 Å². The van der Waals surface area contributed by atoms with E-state index in [1.54, 1.807) is 13.3 Å². The van der Waals surface area contributed by atoms with Gasteiger partial charge in [0.15, 0.2) is 5.96 Å². The maximum atomic E-state index is 6.13. The Morgan fingerprint density at radius 3 is 2.88 bits per heavy atom. The Hall–Kier alpha value is -1.09. The average Bonchev–Trinajstić information content (AvgIpc) is 3.30. The van der Waals surface area contributed by atoms with Gasteiger partial charge in [0.1, 0.15) is 6.10 Å². The first kappa shape index (κ1) is 21.2. The lowest BCUT2D eigenvalue weighted by molar-refractivity contribution is 0.157. The molecule has 6 nitrogen and oxygen atoms in total. The van der Waals surface area contributed by atoms with E-state index in [0.717, 1.165) is 56.4 Å². The molecule has 2 fully saturated rings. The first-order valence-corrected chi connectivity index (χ1v) is 9.35. The van der Waals surface area contributed by atoms with Gasteiger partial charge in [-0.15, -0.1) is 24.0 Å². The molecule has 1 aromatic heterocycles. The summed E-state index contributed by atoms with van der Waals surface area (Å²) in [7, 11) is 3.61. The third-order valence-corrected chi connectivity index (χ3v) is 5.07. The summed E-state index contributed by atoms with van der Waals surface area (Å²) >= 11 is 0. The number of likely N-dealkylation sites (tertiary alicyclic amines) is 1. The second-order valence-corrected chi connectivity index (χ2v) is 6.95. The Kier molecular flexibility index (Phi) is 8.90. The summed E-state index contributed by atoms with van der Waals surface area (Å²) in [6, 6.07) is 4.04. The average molecular weight is 474 g/mol. The minimum Gasteiger partial charge on any atom is -0.474 e. The van der Waals surface area contributed by atoms with Crippen molar-refractivity contribution in [1.29, 1.82) is 0 Å². The van der Waals surface area contributed by atoms with Crippen LogP contribution >= 0.6 is 24.0 Å². The van der Waals surface area contributed by atoms with Gasteiger partial charge in [-0.2, -0.15) is 0 Å². The van der Waals surface area contributed by atoms with E-state index < -0.39 is 0 Å². The third kappa shape index (κ3) is 5.70. The first-order valence-electron chi connectivity index (χ1n) is 9.35. The van der Waals surface area contributed by atoms with Crippen molar-refractivity contribution >= 4 is 29.9 Å². The lowest BCUT2D eigenvalue weighted by Crippen LogP contribution is -2.40. The van der Waals surface area contributed by atoms with Crippen molar-refractivity contribution in [2.75, 3.05) is 33.9 Å². The van der Waals surface area contributed by atoms with Crippen molar-refractivity contribution in [2.45, 2.75) is 44.8 Å². The van der Waals surface area contributed by atoms with E-state index in [1.165, 1.54) is 12.8 Å². The van der Waals surface area contributed by atoms with Gasteiger partial charge in [-0.1, -0.05) is 6.07 Å². The number of hydrogen-bond donors (Lipinski definition) is 1. The van der Waals surface area contributed by atoms with E-state index in [9.17, 15) is 0 Å². The van der Waals surface area contributed by atoms with E-state index in [4.69, 9.17) is 9.47 Å². The minimum atomic E-state index is 0. The summed E-state index contributed by atoms with van der Waals surface area (Å²) in [4.78, 5) is 11.2. The maximum absolute atomic E-state index is 6.13. The predicted octanol–water partition coefficient (Wildman–Crippen LogP) is 3.06. The largest absolute Gasteiger partial charge is 0.474 e. The van der Waals surface area contributed by atoms with Crippen molar-refractivity contribution in [3.63, 3.8) is 0 Å². The van der Waals surface area contributed by atoms with Gasteiger partial charge in [-0.25, -0.2) is 4.98 Å². The molecule has 3 rings (SSSR count). The molecule has 7 heteroatoms. The zero-order chi connectivity index (χ0) is 17.5. The molecule has 0 spiro atoms. The van der Waals surface area contributed by atoms with Crippen molar-refractivity contribution in [1.82, 2.24) is 15.2 Å². The highest BCUT2D eigenvalue weighted by Gasteiger charge is 2.25. The normalized spacial score (nSPS) is 20.9. The van der Waals surface area contributed by atoms with Crippen molar-refractivity contribution in [3.8, 4) is 5.88 Å². The predicted molar refractivity (Wildman–Crippen MR) is 114 cm³/mol. The summed E-state index contributed by atoms with van der Waals surface area (Å²) in [5.41, 5.74) is 1.09. The molecule has 0 aromatic carbocycles. The number of hydrogen-bond acceptors (Lipinski definition) is 4. The van der Waals surface area contributed by atoms with E-state index in [-0.39, 0.29) is 24.0 Å². The summed E-state index contributed by atoms with van der Waals surface area (Å²) < 4.78 is 11.4. The van der Waals surface area contributed by atoms with Crippen LogP contribution in [0.15, 0.2) is 23.3 Å². The molecule has 2 aliphatic rings. The van der Waals surface area contributed by atoms with E-state index in [0.29, 0.717) is 18.6 Å². The molecule has 26 heavy (non-hydrogen) atoms. The molecule has 0 bridgehead atoms. The second kappa shape index (κ2) is 10.9. The fourth-order valence-electron chi connectivity index (χ4n) is 3.73. The summed E-state index contributed by atoms with van der Waals surface area (Å²) in [6.45, 7) is 3.50. The standard InChI is InChI=1S/C19H30N4O2.HI/c1-20-19(23-11-9-15(13-23)14-24-2)22-12-16-6-5-10-21-18(16)25-17-7-3-4-8-17;/h5-6,10,15,17H,3-4,7-9,11-14H2,1-2H3,(H,20,22);1H. The zero-order valence-electron chi connectivity index (χ0n) is 15.8. The molecular formula is C19H31IN4O2. The van der Waals surface area contributed by atoms with Crippen LogP contribution < -0.4 is 10.1 Å². The number of pyridine rings is 1. The SMILES string of the molecule is CN=C(NCc1cccnc1OC1CCCC1)N1CCC(COC)C1.I. The molecule has 146 valence electrons. The lowest BCUT2D eigenvalue weighted by Gasteiger charge is -2.22. The number of ether oxygens (including phenoxy) is 2. The third-order valence-electron chi connectivity index (χ3n) is 5.07. The Bertz CT molecular complexity index is 578. The van der Waals surface area contributed by atoms with Gasteiger partial charge >= 0.3 is 0 Å². The number of guanidine groups is 1. The fourth-order valence-corrected chi connectivity index (χ4v) is 3.73. The molecule has 0 amide bonds. The smallest absolute Gasteiger partial charge is 0.218 e. The van der Waals surface area contributed by atoms with Crippen LogP contribution in [0.2, 0.25) is 0 Å². The van der Waals surface area contributed by atoms with Crippen LogP contribution in [0.1, 0.15) is 37.7 Å². The lowest BCUT2D eigenvalue weighted by atomic mass is 10.1. The van der Waals surface area contributed by atoms with Gasteiger partial charge in [-0.05, 0) is 38.2 Å². The van der Waals surface area contributed by atoms with E-state index in [1.807, 2.05) is 13.1 Å². The minimum absolute atomic E-state index is 0. The molecule has 0 radical (unpaired) electrons. The summed E-state index contributed by atoms with van der Waals surface area (Å²) in [5, 5.41) is 3.47. The molecule has 1 unspecified atom stereocenters. The highest BCUT2D eigenvalue weighted by Crippen LogP contribution is 2.25. The molecule has 1 atom stereocenters. The number of nitrogens with zero attached hydrogens (tertiary/aromatic N) is 3. The quantitative estimate of drug-likeness (QED) is 0.390. The molecule has 1 aliphatic heterocycles. The molecule has 1 saturated carbocycles. The molecule has 1 saturated heterocycles. The Morgan fingerprint density at radius 1 is 1.35 bits per heavy atom. The number of aromatic nitrogens is 1. The van der Waals surface area contributed by atoms with Gasteiger partial charge in [0, 0.05) is 51.5 Å². The molecule has 1 N–H and O–H groups in total. The zero-order valence-corrected chi connectivity index (χ0v) is 18.1. The molecule has 1 aromatic rings. The van der Waals surface area contributed by atoms with Gasteiger partial charge < -0.3 is 19.7 Å². The van der Waals surface area contributed by atoms with E-state index >= 15 is 0 Å². The fraction of sp³-hybridized carbons (Fsp3) is 0.684. The summed E-state index contributed by atoms with van der Waals surface area (Å²) in [5.74, 6) is 2.29. The molecular weight excluding hydrogens is 443 g/mol. The van der Waals surface area contributed by atoms with Crippen LogP contribution in [-0.4, -0.2) is 55.8 Å². The van der Waals surface area contributed by atoms with E-state index in [2.05, 4.69) is 26.3 Å². The summed E-state index contributed by atoms with van der Waals surface area (Å²) in [6.07, 6.45) is 8.07. The van der Waals surface area contributed by atoms with Gasteiger partial charge in [0.05, 0.1) is 6.61 Å². The Balaban J connectivity index is 0.00000243. The Morgan fingerprint density at radius 2 is 2.15 bits per heavy atom. The molecule has 1 aliphatic carbocycles. The number of nitrogens with one attached hydrogen (secondary N) is 1. The first-order chi connectivity index (χ1) is 12.3. The van der Waals surface area contributed by atoms with Gasteiger partial charge in [0.2, 0.25) is 5.88 Å². The van der Waals surface area contributed by atoms with Crippen LogP contribution in [0, 0.1) is 5.92 Å². The topological polar surface area (TPSA) is 59.0 Å². The van der Waals surface area contributed by atoms with Crippen LogP contribution in [0.3, 0.4) is 0 Å². The number of aliphatic imine (C=N–C) groups is 1. The van der Waals surface area contributed by atoms with Gasteiger partial charge in [-0.3, -0.25) is 4.99 Å². The number of rotatable bonds is 6. The monoisotopic (exact) mass is 474 g/mol. The van der Waals surface area contributed by atoms with Crippen LogP contribution in [-0.2, 0) is 11.3 Å². The van der Waals surface area contributed by atoms with Crippen molar-refractivity contribution < 1.29 is 9.47 Å². The van der Waals surface area contributed by atoms with Crippen LogP contribution in [0.4, 0.5) is 0 Å². The maximum Gasteiger partial charge on any atom is 0.218 e.